The average molecular weight is 458 g/mol. The number of thiocarbonyl (C=S) groups is 1. The molecule has 0 spiro atoms. The van der Waals surface area contributed by atoms with E-state index in [4.69, 9.17) is 17.2 Å². The molecule has 7 nitrogen and oxygen atoms in total. The van der Waals surface area contributed by atoms with Crippen LogP contribution in [0.4, 0.5) is 5.82 Å². The summed E-state index contributed by atoms with van der Waals surface area (Å²) in [5.41, 5.74) is 0.872. The first-order valence-electron chi connectivity index (χ1n) is 10.6. The minimum atomic E-state index is -0.173. The van der Waals surface area contributed by atoms with Crippen LogP contribution in [0.2, 0.25) is 0 Å². The second-order valence-electron chi connectivity index (χ2n) is 8.19. The summed E-state index contributed by atoms with van der Waals surface area (Å²) in [5, 5.41) is 0. The fourth-order valence-corrected chi connectivity index (χ4v) is 5.14. The first kappa shape index (κ1) is 22.0. The van der Waals surface area contributed by atoms with Gasteiger partial charge in [0.25, 0.3) is 11.5 Å². The number of amides is 1. The second kappa shape index (κ2) is 9.10. The molecule has 4 heterocycles. The van der Waals surface area contributed by atoms with Crippen molar-refractivity contribution < 1.29 is 4.79 Å². The van der Waals surface area contributed by atoms with Crippen molar-refractivity contribution in [1.82, 2.24) is 19.2 Å². The summed E-state index contributed by atoms with van der Waals surface area (Å²) in [7, 11) is 0. The SMILES string of the molecule is CCN1CCN(c2nc3ccccn3c(=O)c2C=C2SC(=S)N(CC(C)C)C2=O)CC1. The van der Waals surface area contributed by atoms with Gasteiger partial charge in [-0.25, -0.2) is 4.98 Å². The van der Waals surface area contributed by atoms with Crippen LogP contribution < -0.4 is 10.5 Å². The highest BCUT2D eigenvalue weighted by Gasteiger charge is 2.33. The van der Waals surface area contributed by atoms with E-state index in [-0.39, 0.29) is 11.5 Å². The Morgan fingerprint density at radius 1 is 1.19 bits per heavy atom. The second-order valence-corrected chi connectivity index (χ2v) is 9.87. The molecule has 1 amide bonds. The number of hydrogen-bond donors (Lipinski definition) is 0. The topological polar surface area (TPSA) is 61.2 Å². The van der Waals surface area contributed by atoms with Crippen LogP contribution in [0.15, 0.2) is 34.1 Å². The van der Waals surface area contributed by atoms with Gasteiger partial charge in [0.2, 0.25) is 0 Å². The number of carbonyl (C=O) groups excluding carboxylic acids is 1. The van der Waals surface area contributed by atoms with Crippen molar-refractivity contribution in [2.75, 3.05) is 44.2 Å². The quantitative estimate of drug-likeness (QED) is 0.505. The van der Waals surface area contributed by atoms with Gasteiger partial charge in [-0.2, -0.15) is 0 Å². The third kappa shape index (κ3) is 4.40. The molecule has 0 radical (unpaired) electrons. The predicted octanol–water partition coefficient (Wildman–Crippen LogP) is 2.69. The van der Waals surface area contributed by atoms with Crippen LogP contribution in [-0.4, -0.2) is 68.7 Å². The molecule has 2 aliphatic heterocycles. The Kier molecular flexibility index (Phi) is 6.45. The maximum Gasteiger partial charge on any atom is 0.267 e. The summed E-state index contributed by atoms with van der Waals surface area (Å²) in [6.45, 7) is 11.3. The highest BCUT2D eigenvalue weighted by Crippen LogP contribution is 2.34. The van der Waals surface area contributed by atoms with Crippen molar-refractivity contribution in [2.45, 2.75) is 20.8 Å². The van der Waals surface area contributed by atoms with Crippen LogP contribution >= 0.6 is 24.0 Å². The zero-order valence-electron chi connectivity index (χ0n) is 18.1. The van der Waals surface area contributed by atoms with Gasteiger partial charge in [-0.15, -0.1) is 0 Å². The molecule has 0 unspecified atom stereocenters. The van der Waals surface area contributed by atoms with Gasteiger partial charge in [0.1, 0.15) is 15.8 Å². The van der Waals surface area contributed by atoms with Gasteiger partial charge in [-0.05, 0) is 30.7 Å². The van der Waals surface area contributed by atoms with Crippen LogP contribution in [-0.2, 0) is 4.79 Å². The number of thioether (sulfide) groups is 1. The Hall–Kier alpha value is -2.23. The van der Waals surface area contributed by atoms with Crippen LogP contribution in [0, 0.1) is 5.92 Å². The molecule has 0 bridgehead atoms. The van der Waals surface area contributed by atoms with E-state index in [0.717, 1.165) is 32.7 Å². The van der Waals surface area contributed by atoms with Crippen molar-refractivity contribution >= 4 is 51.7 Å². The number of likely N-dealkylation sites (N-methyl/N-ethyl adjacent to an activating group) is 1. The number of anilines is 1. The summed E-state index contributed by atoms with van der Waals surface area (Å²) >= 11 is 6.69. The monoisotopic (exact) mass is 457 g/mol. The Morgan fingerprint density at radius 2 is 1.94 bits per heavy atom. The van der Waals surface area contributed by atoms with Crippen LogP contribution in [0.3, 0.4) is 0 Å². The summed E-state index contributed by atoms with van der Waals surface area (Å²) in [6.07, 6.45) is 3.40. The lowest BCUT2D eigenvalue weighted by atomic mass is 10.2. The number of nitrogens with zero attached hydrogens (tertiary/aromatic N) is 5. The number of aromatic nitrogens is 2. The molecule has 2 aromatic heterocycles. The molecular formula is C22H27N5O2S2. The van der Waals surface area contributed by atoms with Crippen molar-refractivity contribution in [3.8, 4) is 0 Å². The maximum absolute atomic E-state index is 13.4. The molecule has 0 atom stereocenters. The van der Waals surface area contributed by atoms with Gasteiger partial charge in [-0.1, -0.05) is 50.8 Å². The van der Waals surface area contributed by atoms with Gasteiger partial charge in [0.05, 0.1) is 10.5 Å². The number of hydrogen-bond acceptors (Lipinski definition) is 7. The number of piperazine rings is 1. The Balaban J connectivity index is 1.79. The number of pyridine rings is 1. The van der Waals surface area contributed by atoms with E-state index < -0.39 is 0 Å². The maximum atomic E-state index is 13.4. The Bertz CT molecular complexity index is 1100. The molecule has 0 saturated carbocycles. The zero-order valence-corrected chi connectivity index (χ0v) is 19.7. The number of rotatable bonds is 5. The van der Waals surface area contributed by atoms with Gasteiger partial charge in [0, 0.05) is 38.9 Å². The lowest BCUT2D eigenvalue weighted by Crippen LogP contribution is -2.47. The fourth-order valence-electron chi connectivity index (χ4n) is 3.89. The minimum Gasteiger partial charge on any atom is -0.353 e. The largest absolute Gasteiger partial charge is 0.353 e. The standard InChI is InChI=1S/C22H27N5O2S2/c1-4-24-9-11-25(12-10-24)19-16(20(28)26-8-6-5-7-18(26)23-19)13-17-21(29)27(14-15(2)3)22(30)31-17/h5-8,13,15H,4,9-12,14H2,1-3H3. The Labute approximate surface area is 191 Å². The molecule has 0 N–H and O–H groups in total. The van der Waals surface area contributed by atoms with E-state index in [2.05, 4.69) is 30.6 Å². The molecule has 31 heavy (non-hydrogen) atoms. The lowest BCUT2D eigenvalue weighted by molar-refractivity contribution is -0.122. The first-order valence-corrected chi connectivity index (χ1v) is 11.9. The predicted molar refractivity (Wildman–Crippen MR) is 131 cm³/mol. The summed E-state index contributed by atoms with van der Waals surface area (Å²) in [4.78, 5) is 37.9. The highest BCUT2D eigenvalue weighted by atomic mass is 32.2. The molecule has 2 aliphatic rings. The molecule has 2 fully saturated rings. The summed E-state index contributed by atoms with van der Waals surface area (Å²) in [6, 6.07) is 5.51. The van der Waals surface area contributed by atoms with Gasteiger partial charge >= 0.3 is 0 Å². The van der Waals surface area contributed by atoms with Crippen molar-refractivity contribution in [3.05, 3.63) is 45.2 Å². The van der Waals surface area contributed by atoms with E-state index in [1.165, 1.54) is 16.2 Å². The molecule has 0 aromatic carbocycles. The normalized spacial score (nSPS) is 19.4. The van der Waals surface area contributed by atoms with Crippen molar-refractivity contribution in [3.63, 3.8) is 0 Å². The van der Waals surface area contributed by atoms with E-state index in [1.54, 1.807) is 17.2 Å². The van der Waals surface area contributed by atoms with E-state index in [1.807, 2.05) is 18.2 Å². The van der Waals surface area contributed by atoms with Gasteiger partial charge in [0.15, 0.2) is 0 Å². The molecule has 0 aliphatic carbocycles. The van der Waals surface area contributed by atoms with Crippen molar-refractivity contribution in [1.29, 1.82) is 0 Å². The van der Waals surface area contributed by atoms with Crippen molar-refractivity contribution in [2.24, 2.45) is 5.92 Å². The summed E-state index contributed by atoms with van der Waals surface area (Å²) < 4.78 is 2.07. The smallest absolute Gasteiger partial charge is 0.267 e. The molecule has 2 aromatic rings. The van der Waals surface area contributed by atoms with Crippen LogP contribution in [0.5, 0.6) is 0 Å². The number of carbonyl (C=O) groups is 1. The molecule has 4 rings (SSSR count). The minimum absolute atomic E-state index is 0.136. The third-order valence-corrected chi connectivity index (χ3v) is 6.94. The van der Waals surface area contributed by atoms with Gasteiger partial charge in [-0.3, -0.25) is 18.9 Å². The van der Waals surface area contributed by atoms with Crippen LogP contribution in [0.1, 0.15) is 26.3 Å². The van der Waals surface area contributed by atoms with E-state index in [0.29, 0.717) is 38.7 Å². The fraction of sp³-hybridized carbons (Fsp3) is 0.455. The molecular weight excluding hydrogens is 430 g/mol. The third-order valence-electron chi connectivity index (χ3n) is 5.56. The van der Waals surface area contributed by atoms with Gasteiger partial charge < -0.3 is 9.80 Å². The van der Waals surface area contributed by atoms with E-state index >= 15 is 0 Å². The Morgan fingerprint density at radius 3 is 2.61 bits per heavy atom. The number of fused-ring (bicyclic) bond motifs is 1. The van der Waals surface area contributed by atoms with Crippen LogP contribution in [0.25, 0.3) is 11.7 Å². The highest BCUT2D eigenvalue weighted by molar-refractivity contribution is 8.26. The van der Waals surface area contributed by atoms with E-state index in [9.17, 15) is 9.59 Å². The molecule has 2 saturated heterocycles. The molecule has 164 valence electrons. The molecule has 9 heteroatoms. The summed E-state index contributed by atoms with van der Waals surface area (Å²) in [5.74, 6) is 0.810. The first-order chi connectivity index (χ1) is 14.9. The lowest BCUT2D eigenvalue weighted by Gasteiger charge is -2.35. The average Bonchev–Trinajstić information content (AvgIpc) is 3.02. The zero-order chi connectivity index (χ0) is 22.1.